The Bertz CT molecular complexity index is 748. The van der Waals surface area contributed by atoms with Crippen molar-refractivity contribution in [3.63, 3.8) is 0 Å². The third-order valence-corrected chi connectivity index (χ3v) is 4.46. The normalized spacial score (nSPS) is 17.4. The summed E-state index contributed by atoms with van der Waals surface area (Å²) in [5, 5.41) is 10.9. The molecule has 1 aliphatic heterocycles. The summed E-state index contributed by atoms with van der Waals surface area (Å²) in [6, 6.07) is 3.78. The molecule has 1 N–H and O–H groups in total. The number of anilines is 1. The van der Waals surface area contributed by atoms with Gasteiger partial charge in [-0.05, 0) is 31.9 Å². The van der Waals surface area contributed by atoms with Crippen LogP contribution in [0.15, 0.2) is 24.5 Å². The van der Waals surface area contributed by atoms with E-state index in [2.05, 4.69) is 15.5 Å². The zero-order valence-corrected chi connectivity index (χ0v) is 14.4. The van der Waals surface area contributed by atoms with Gasteiger partial charge in [0.2, 0.25) is 0 Å². The monoisotopic (exact) mass is 347 g/mol. The number of urea groups is 1. The van der Waals surface area contributed by atoms with Crippen molar-refractivity contribution in [2.75, 3.05) is 25.5 Å². The van der Waals surface area contributed by atoms with Gasteiger partial charge < -0.3 is 19.5 Å². The fraction of sp³-hybridized carbons (Fsp3) is 0.471. The molecule has 2 amide bonds. The first-order valence-electron chi connectivity index (χ1n) is 8.39. The Morgan fingerprint density at radius 2 is 2.32 bits per heavy atom. The van der Waals surface area contributed by atoms with Crippen LogP contribution in [-0.2, 0) is 6.54 Å². The van der Waals surface area contributed by atoms with E-state index in [1.165, 1.54) is 25.3 Å². The molecule has 0 radical (unpaired) electrons. The molecule has 0 aliphatic carbocycles. The minimum absolute atomic E-state index is 0.149. The second-order valence-corrected chi connectivity index (χ2v) is 6.04. The Hall–Kier alpha value is -2.64. The lowest BCUT2D eigenvalue weighted by molar-refractivity contribution is 0.190. The number of nitrogens with one attached hydrogen (secondary N) is 1. The molecule has 134 valence electrons. The number of hydrogen-bond donors (Lipinski definition) is 1. The minimum atomic E-state index is -0.427. The molecule has 1 fully saturated rings. The summed E-state index contributed by atoms with van der Waals surface area (Å²) < 4.78 is 20.6. The van der Waals surface area contributed by atoms with Crippen LogP contribution in [0.5, 0.6) is 5.75 Å². The minimum Gasteiger partial charge on any atom is -0.495 e. The summed E-state index contributed by atoms with van der Waals surface area (Å²) in [6.45, 7) is 4.05. The van der Waals surface area contributed by atoms with Crippen LogP contribution in [0.1, 0.15) is 31.5 Å². The van der Waals surface area contributed by atoms with Gasteiger partial charge in [-0.1, -0.05) is 0 Å². The lowest BCUT2D eigenvalue weighted by atomic mass is 9.97. The van der Waals surface area contributed by atoms with E-state index in [4.69, 9.17) is 4.74 Å². The van der Waals surface area contributed by atoms with Gasteiger partial charge in [0, 0.05) is 31.6 Å². The van der Waals surface area contributed by atoms with Crippen LogP contribution in [0, 0.1) is 5.82 Å². The smallest absolute Gasteiger partial charge is 0.321 e. The summed E-state index contributed by atoms with van der Waals surface area (Å²) >= 11 is 0. The Balaban J connectivity index is 1.71. The molecular weight excluding hydrogens is 325 g/mol. The van der Waals surface area contributed by atoms with Crippen molar-refractivity contribution < 1.29 is 13.9 Å². The number of benzene rings is 1. The van der Waals surface area contributed by atoms with Crippen molar-refractivity contribution in [2.45, 2.75) is 32.2 Å². The third-order valence-electron chi connectivity index (χ3n) is 4.46. The fourth-order valence-corrected chi connectivity index (χ4v) is 3.17. The molecule has 2 aromatic rings. The van der Waals surface area contributed by atoms with Crippen LogP contribution >= 0.6 is 0 Å². The van der Waals surface area contributed by atoms with Crippen LogP contribution in [-0.4, -0.2) is 45.9 Å². The third kappa shape index (κ3) is 3.72. The van der Waals surface area contributed by atoms with Gasteiger partial charge in [0.1, 0.15) is 23.7 Å². The van der Waals surface area contributed by atoms with E-state index in [1.807, 2.05) is 11.5 Å². The number of nitrogens with zero attached hydrogens (tertiary/aromatic N) is 4. The van der Waals surface area contributed by atoms with Crippen LogP contribution in [0.4, 0.5) is 14.9 Å². The van der Waals surface area contributed by atoms with E-state index in [1.54, 1.807) is 11.2 Å². The molecule has 8 heteroatoms. The summed E-state index contributed by atoms with van der Waals surface area (Å²) in [7, 11) is 1.48. The average molecular weight is 347 g/mol. The molecule has 0 unspecified atom stereocenters. The highest BCUT2D eigenvalue weighted by atomic mass is 19.1. The van der Waals surface area contributed by atoms with Gasteiger partial charge >= 0.3 is 6.03 Å². The first kappa shape index (κ1) is 17.2. The molecule has 1 saturated heterocycles. The Kier molecular flexibility index (Phi) is 5.16. The Morgan fingerprint density at radius 1 is 1.48 bits per heavy atom. The molecule has 0 saturated carbocycles. The maximum Gasteiger partial charge on any atom is 0.321 e. The van der Waals surface area contributed by atoms with Gasteiger partial charge in [-0.25, -0.2) is 9.18 Å². The van der Waals surface area contributed by atoms with E-state index >= 15 is 0 Å². The number of methoxy groups -OCH3 is 1. The van der Waals surface area contributed by atoms with Gasteiger partial charge in [-0.2, -0.15) is 0 Å². The highest BCUT2D eigenvalue weighted by Crippen LogP contribution is 2.28. The predicted molar refractivity (Wildman–Crippen MR) is 91.2 cm³/mol. The van der Waals surface area contributed by atoms with Crippen molar-refractivity contribution in [2.24, 2.45) is 0 Å². The number of rotatable bonds is 4. The Labute approximate surface area is 145 Å². The zero-order valence-electron chi connectivity index (χ0n) is 14.4. The largest absolute Gasteiger partial charge is 0.495 e. The summed E-state index contributed by atoms with van der Waals surface area (Å²) in [6.07, 6.45) is 3.56. The molecule has 1 aromatic carbocycles. The number of piperidine rings is 1. The number of amides is 2. The topological polar surface area (TPSA) is 72.3 Å². The number of carbonyl (C=O) groups is 1. The number of aryl methyl sites for hydroxylation is 1. The highest BCUT2D eigenvalue weighted by Gasteiger charge is 2.28. The first-order chi connectivity index (χ1) is 12.1. The molecule has 7 nitrogen and oxygen atoms in total. The SMILES string of the molecule is CCn1cnnc1[C@H]1CCCN(C(=O)Nc2cc(F)ccc2OC)C1. The number of carbonyl (C=O) groups excluding carboxylic acids is 1. The van der Waals surface area contributed by atoms with Crippen molar-refractivity contribution in [1.29, 1.82) is 0 Å². The first-order valence-corrected chi connectivity index (χ1v) is 8.39. The van der Waals surface area contributed by atoms with E-state index in [9.17, 15) is 9.18 Å². The molecular formula is C17H22FN5O2. The Morgan fingerprint density at radius 3 is 3.08 bits per heavy atom. The molecule has 0 bridgehead atoms. The van der Waals surface area contributed by atoms with E-state index < -0.39 is 5.82 Å². The van der Waals surface area contributed by atoms with E-state index in [0.29, 0.717) is 24.5 Å². The van der Waals surface area contributed by atoms with E-state index in [-0.39, 0.29) is 11.9 Å². The molecule has 1 aliphatic rings. The van der Waals surface area contributed by atoms with Crippen molar-refractivity contribution >= 4 is 11.7 Å². The van der Waals surface area contributed by atoms with Gasteiger partial charge in [0.25, 0.3) is 0 Å². The summed E-state index contributed by atoms with van der Waals surface area (Å²) in [5.41, 5.74) is 0.325. The number of halogens is 1. The maximum absolute atomic E-state index is 13.5. The average Bonchev–Trinajstić information content (AvgIpc) is 3.11. The second-order valence-electron chi connectivity index (χ2n) is 6.04. The van der Waals surface area contributed by atoms with Gasteiger partial charge in [0.15, 0.2) is 0 Å². The molecule has 0 spiro atoms. The number of ether oxygens (including phenoxy) is 1. The van der Waals surface area contributed by atoms with Crippen molar-refractivity contribution in [1.82, 2.24) is 19.7 Å². The van der Waals surface area contributed by atoms with Crippen LogP contribution in [0.3, 0.4) is 0 Å². The zero-order chi connectivity index (χ0) is 17.8. The maximum atomic E-state index is 13.5. The predicted octanol–water partition coefficient (Wildman–Crippen LogP) is 2.86. The van der Waals surface area contributed by atoms with Gasteiger partial charge in [-0.15, -0.1) is 10.2 Å². The lowest BCUT2D eigenvalue weighted by Crippen LogP contribution is -2.42. The molecule has 1 aromatic heterocycles. The quantitative estimate of drug-likeness (QED) is 0.923. The van der Waals surface area contributed by atoms with Crippen molar-refractivity contribution in [3.8, 4) is 5.75 Å². The van der Waals surface area contributed by atoms with Crippen LogP contribution < -0.4 is 10.1 Å². The number of likely N-dealkylation sites (tertiary alicyclic amines) is 1. The highest BCUT2D eigenvalue weighted by molar-refractivity contribution is 5.91. The molecule has 3 rings (SSSR count). The molecule has 2 heterocycles. The van der Waals surface area contributed by atoms with Gasteiger partial charge in [0.05, 0.1) is 12.8 Å². The fourth-order valence-electron chi connectivity index (χ4n) is 3.17. The summed E-state index contributed by atoms with van der Waals surface area (Å²) in [5.74, 6) is 1.05. The number of aromatic nitrogens is 3. The van der Waals surface area contributed by atoms with Gasteiger partial charge in [-0.3, -0.25) is 0 Å². The second kappa shape index (κ2) is 7.50. The number of hydrogen-bond acceptors (Lipinski definition) is 4. The van der Waals surface area contributed by atoms with E-state index in [0.717, 1.165) is 25.2 Å². The summed E-state index contributed by atoms with van der Waals surface area (Å²) in [4.78, 5) is 14.3. The van der Waals surface area contributed by atoms with Crippen molar-refractivity contribution in [3.05, 3.63) is 36.2 Å². The molecule has 1 atom stereocenters. The van der Waals surface area contributed by atoms with Crippen LogP contribution in [0.2, 0.25) is 0 Å². The lowest BCUT2D eigenvalue weighted by Gasteiger charge is -2.32. The standard InChI is InChI=1S/C17H22FN5O2/c1-3-22-11-19-21-16(22)12-5-4-8-23(10-12)17(24)20-14-9-13(18)6-7-15(14)25-2/h6-7,9,11-12H,3-5,8,10H2,1-2H3,(H,20,24)/t12-/m0/s1. The van der Waals surface area contributed by atoms with Crippen LogP contribution in [0.25, 0.3) is 0 Å². The molecule has 25 heavy (non-hydrogen) atoms.